The summed E-state index contributed by atoms with van der Waals surface area (Å²) >= 11 is 0. The second-order valence-electron chi connectivity index (χ2n) is 4.38. The largest absolute Gasteiger partial charge is 0.359 e. The van der Waals surface area contributed by atoms with Gasteiger partial charge in [0.1, 0.15) is 0 Å². The number of aromatic nitrogens is 2. The molecule has 0 saturated carbocycles. The molecule has 1 aromatic heterocycles. The molecule has 3 aromatic rings. The molecular weight excluding hydrogens is 276 g/mol. The van der Waals surface area contributed by atoms with Crippen LogP contribution in [0.25, 0.3) is 11.0 Å². The molecule has 0 aliphatic carbocycles. The van der Waals surface area contributed by atoms with Gasteiger partial charge in [-0.3, -0.25) is 14.7 Å². The maximum atomic E-state index is 11.7. The molecule has 8 nitrogen and oxygen atoms in total. The van der Waals surface area contributed by atoms with Crippen LogP contribution in [0.3, 0.4) is 0 Å². The van der Waals surface area contributed by atoms with Gasteiger partial charge in [0, 0.05) is 18.8 Å². The Morgan fingerprint density at radius 2 is 1.95 bits per heavy atom. The van der Waals surface area contributed by atoms with E-state index in [1.807, 2.05) is 30.3 Å². The number of hydrogen-bond donors (Lipinski definition) is 0. The Labute approximate surface area is 118 Å². The van der Waals surface area contributed by atoms with Gasteiger partial charge >= 0.3 is 11.2 Å². The van der Waals surface area contributed by atoms with E-state index in [-0.39, 0.29) is 21.6 Å². The van der Waals surface area contributed by atoms with Crippen molar-refractivity contribution in [3.63, 3.8) is 0 Å². The summed E-state index contributed by atoms with van der Waals surface area (Å²) < 4.78 is 4.51. The zero-order valence-electron chi connectivity index (χ0n) is 11.0. The molecular formula is C13H10N4O4. The number of fused-ring (bicyclic) bond motifs is 1. The van der Waals surface area contributed by atoms with Crippen molar-refractivity contribution in [3.8, 4) is 0 Å². The van der Waals surface area contributed by atoms with Crippen molar-refractivity contribution in [1.82, 2.24) is 5.16 Å². The fourth-order valence-electron chi connectivity index (χ4n) is 2.16. The molecule has 0 N–H and O–H groups in total. The number of rotatable bonds is 3. The molecule has 21 heavy (non-hydrogen) atoms. The third-order valence-corrected chi connectivity index (χ3v) is 3.20. The Morgan fingerprint density at radius 3 is 2.62 bits per heavy atom. The van der Waals surface area contributed by atoms with Gasteiger partial charge in [-0.2, -0.15) is 0 Å². The van der Waals surface area contributed by atoms with Crippen molar-refractivity contribution in [2.75, 3.05) is 11.9 Å². The first-order valence-corrected chi connectivity index (χ1v) is 6.05. The maximum absolute atomic E-state index is 11.7. The number of anilines is 2. The summed E-state index contributed by atoms with van der Waals surface area (Å²) in [5.41, 5.74) is 0.978. The summed E-state index contributed by atoms with van der Waals surface area (Å²) in [6.07, 6.45) is 0. The van der Waals surface area contributed by atoms with Gasteiger partial charge in [0.2, 0.25) is 0 Å². The van der Waals surface area contributed by atoms with Crippen LogP contribution in [0.1, 0.15) is 0 Å². The van der Waals surface area contributed by atoms with Crippen LogP contribution in [0.5, 0.6) is 0 Å². The van der Waals surface area contributed by atoms with E-state index in [0.717, 1.165) is 5.69 Å². The van der Waals surface area contributed by atoms with E-state index in [2.05, 4.69) is 9.79 Å². The van der Waals surface area contributed by atoms with Crippen LogP contribution in [0.15, 0.2) is 47.1 Å². The zero-order chi connectivity index (χ0) is 15.0. The standard InChI is InChI=1S/C13H10N4O4/c1-15(9-5-3-2-4-6-9)11-8-7-10(16(18)19)12-13(11)17(20)21-14-12/h2-8H,1H3. The number of nitrogens with zero attached hydrogens (tertiary/aromatic N) is 4. The Balaban J connectivity index is 2.22. The van der Waals surface area contributed by atoms with Gasteiger partial charge in [-0.25, -0.2) is 0 Å². The van der Waals surface area contributed by atoms with E-state index in [0.29, 0.717) is 5.69 Å². The molecule has 106 valence electrons. The average Bonchev–Trinajstić information content (AvgIpc) is 2.89. The van der Waals surface area contributed by atoms with Crippen LogP contribution in [0.2, 0.25) is 0 Å². The molecule has 0 atom stereocenters. The molecule has 2 aromatic carbocycles. The first-order chi connectivity index (χ1) is 10.1. The van der Waals surface area contributed by atoms with Gasteiger partial charge in [0.05, 0.1) is 15.8 Å². The Kier molecular flexibility index (Phi) is 2.90. The SMILES string of the molecule is CN(c1ccccc1)c1ccc([N+](=O)[O-])c2no[n+]([O-])c12. The molecule has 0 aliphatic heterocycles. The highest BCUT2D eigenvalue weighted by Gasteiger charge is 2.27. The highest BCUT2D eigenvalue weighted by atomic mass is 16.8. The molecule has 8 heteroatoms. The number of non-ortho nitro benzene ring substituents is 1. The van der Waals surface area contributed by atoms with Crippen LogP contribution in [0.4, 0.5) is 17.1 Å². The van der Waals surface area contributed by atoms with Crippen molar-refractivity contribution in [2.24, 2.45) is 0 Å². The van der Waals surface area contributed by atoms with E-state index < -0.39 is 4.92 Å². The number of nitro groups is 1. The van der Waals surface area contributed by atoms with Crippen LogP contribution in [-0.2, 0) is 0 Å². The molecule has 0 amide bonds. The van der Waals surface area contributed by atoms with E-state index in [1.54, 1.807) is 11.9 Å². The minimum Gasteiger partial charge on any atom is -0.359 e. The van der Waals surface area contributed by atoms with Crippen LogP contribution >= 0.6 is 0 Å². The number of benzene rings is 2. The lowest BCUT2D eigenvalue weighted by atomic mass is 10.2. The second kappa shape index (κ2) is 4.75. The Bertz CT molecular complexity index is 816. The van der Waals surface area contributed by atoms with Gasteiger partial charge < -0.3 is 10.1 Å². The lowest BCUT2D eigenvalue weighted by Gasteiger charge is -2.18. The second-order valence-corrected chi connectivity index (χ2v) is 4.38. The maximum Gasteiger partial charge on any atom is 0.327 e. The summed E-state index contributed by atoms with van der Waals surface area (Å²) in [6.45, 7) is 0. The van der Waals surface area contributed by atoms with E-state index >= 15 is 0 Å². The lowest BCUT2D eigenvalue weighted by molar-refractivity contribution is -0.782. The average molecular weight is 286 g/mol. The highest BCUT2D eigenvalue weighted by Crippen LogP contribution is 2.33. The number of hydrogen-bond acceptors (Lipinski definition) is 6. The molecule has 0 fully saturated rings. The molecule has 3 rings (SSSR count). The highest BCUT2D eigenvalue weighted by molar-refractivity contribution is 5.93. The topological polar surface area (TPSA) is 99.3 Å². The van der Waals surface area contributed by atoms with Crippen molar-refractivity contribution in [2.45, 2.75) is 0 Å². The summed E-state index contributed by atoms with van der Waals surface area (Å²) in [5, 5.41) is 26.2. The minimum atomic E-state index is -0.600. The quantitative estimate of drug-likeness (QED) is 0.415. The number of nitro benzene ring substituents is 1. The summed E-state index contributed by atoms with van der Waals surface area (Å²) in [7, 11) is 1.75. The summed E-state index contributed by atoms with van der Waals surface area (Å²) in [4.78, 5) is 12.3. The molecule has 0 aliphatic rings. The molecule has 0 radical (unpaired) electrons. The third kappa shape index (κ3) is 2.02. The predicted octanol–water partition coefficient (Wildman–Crippen LogP) is 2.14. The van der Waals surface area contributed by atoms with Gasteiger partial charge in [-0.1, -0.05) is 18.2 Å². The van der Waals surface area contributed by atoms with Gasteiger partial charge in [0.15, 0.2) is 0 Å². The Hall–Kier alpha value is -3.16. The lowest BCUT2D eigenvalue weighted by Crippen LogP contribution is -2.25. The van der Waals surface area contributed by atoms with Crippen molar-refractivity contribution >= 4 is 28.1 Å². The van der Waals surface area contributed by atoms with Gasteiger partial charge in [0.25, 0.3) is 5.52 Å². The van der Waals surface area contributed by atoms with E-state index in [4.69, 9.17) is 0 Å². The first kappa shape index (κ1) is 12.9. The first-order valence-electron chi connectivity index (χ1n) is 6.05. The van der Waals surface area contributed by atoms with Gasteiger partial charge in [-0.05, 0) is 23.1 Å². The molecule has 0 bridgehead atoms. The molecule has 0 saturated heterocycles. The van der Waals surface area contributed by atoms with E-state index in [1.165, 1.54) is 12.1 Å². The van der Waals surface area contributed by atoms with E-state index in [9.17, 15) is 15.3 Å². The summed E-state index contributed by atoms with van der Waals surface area (Å²) in [6, 6.07) is 12.1. The fraction of sp³-hybridized carbons (Fsp3) is 0.0769. The zero-order valence-corrected chi connectivity index (χ0v) is 11.0. The molecule has 1 heterocycles. The fourth-order valence-corrected chi connectivity index (χ4v) is 2.16. The van der Waals surface area contributed by atoms with Crippen molar-refractivity contribution in [1.29, 1.82) is 0 Å². The molecule has 0 spiro atoms. The predicted molar refractivity (Wildman–Crippen MR) is 74.1 cm³/mol. The minimum absolute atomic E-state index is 0.0237. The smallest absolute Gasteiger partial charge is 0.327 e. The third-order valence-electron chi connectivity index (χ3n) is 3.20. The van der Waals surface area contributed by atoms with Gasteiger partial charge in [-0.15, -0.1) is 0 Å². The van der Waals surface area contributed by atoms with Crippen molar-refractivity contribution in [3.05, 3.63) is 57.8 Å². The normalized spacial score (nSPS) is 10.7. The Morgan fingerprint density at radius 1 is 1.24 bits per heavy atom. The van der Waals surface area contributed by atoms with Crippen LogP contribution in [0, 0.1) is 15.3 Å². The monoisotopic (exact) mass is 286 g/mol. The van der Waals surface area contributed by atoms with Crippen molar-refractivity contribution < 1.29 is 14.5 Å². The summed E-state index contributed by atoms with van der Waals surface area (Å²) in [5.74, 6) is 0. The number of para-hydroxylation sites is 1. The molecule has 0 unspecified atom stereocenters. The van der Waals surface area contributed by atoms with Crippen LogP contribution in [-0.4, -0.2) is 17.1 Å². The van der Waals surface area contributed by atoms with Crippen LogP contribution < -0.4 is 9.80 Å².